The van der Waals surface area contributed by atoms with Crippen molar-refractivity contribution in [3.05, 3.63) is 0 Å². The fourth-order valence-corrected chi connectivity index (χ4v) is 9.23. The summed E-state index contributed by atoms with van der Waals surface area (Å²) in [5.41, 5.74) is 0. The van der Waals surface area contributed by atoms with Crippen molar-refractivity contribution in [3.63, 3.8) is 0 Å². The predicted octanol–water partition coefficient (Wildman–Crippen LogP) is 8.87. The number of carbonyl (C=O) groups is 1. The Balaban J connectivity index is 0. The molecule has 0 spiro atoms. The zero-order valence-electron chi connectivity index (χ0n) is 19.3. The molecule has 0 fully saturated rings. The molecule has 1 N–H and O–H groups in total. The number of unbranched alkanes of at least 4 members (excludes halogenated alkanes) is 14. The Morgan fingerprint density at radius 1 is 0.556 bits per heavy atom. The minimum absolute atomic E-state index is 0.345. The summed E-state index contributed by atoms with van der Waals surface area (Å²) in [7, 11) is 0. The minimum atomic E-state index is -0.789. The molecule has 0 atom stereocenters. The molecule has 0 unspecified atom stereocenters. The van der Waals surface area contributed by atoms with Gasteiger partial charge in [0.25, 0.3) is 0 Å². The van der Waals surface area contributed by atoms with Crippen molar-refractivity contribution in [1.29, 1.82) is 0 Å². The van der Waals surface area contributed by atoms with E-state index < -0.39 is 28.7 Å². The molecule has 0 aliphatic carbocycles. The predicted molar refractivity (Wildman–Crippen MR) is 124 cm³/mol. The Labute approximate surface area is 180 Å². The van der Waals surface area contributed by atoms with Gasteiger partial charge < -0.3 is 5.11 Å². The third kappa shape index (κ3) is 28.7. The van der Waals surface area contributed by atoms with Gasteiger partial charge in [0.2, 0.25) is 0 Å². The van der Waals surface area contributed by atoms with Gasteiger partial charge in [0.05, 0.1) is 0 Å². The van der Waals surface area contributed by atoms with E-state index in [4.69, 9.17) is 5.11 Å². The molecule has 0 bridgehead atoms. The van der Waals surface area contributed by atoms with Crippen LogP contribution in [0.15, 0.2) is 0 Å². The number of hydrogen-bond donors (Lipinski definition) is 1. The fourth-order valence-electron chi connectivity index (χ4n) is 3.40. The Bertz CT molecular complexity index is 272. The molecule has 0 aromatic heterocycles. The van der Waals surface area contributed by atoms with Crippen LogP contribution in [0.2, 0.25) is 11.9 Å². The molecule has 0 amide bonds. The molecule has 27 heavy (non-hydrogen) atoms. The summed E-state index contributed by atoms with van der Waals surface area (Å²) in [5.74, 6) is -0.653. The van der Waals surface area contributed by atoms with E-state index in [0.29, 0.717) is 6.42 Å². The first-order valence-electron chi connectivity index (χ1n) is 12.2. The van der Waals surface area contributed by atoms with Crippen LogP contribution < -0.4 is 0 Å². The van der Waals surface area contributed by atoms with Gasteiger partial charge in [-0.05, 0) is 6.42 Å². The van der Waals surface area contributed by atoms with E-state index in [1.165, 1.54) is 83.5 Å². The summed E-state index contributed by atoms with van der Waals surface area (Å²) in [4.78, 5) is 10.3. The van der Waals surface area contributed by atoms with E-state index in [0.717, 1.165) is 12.8 Å². The monoisotopic (exact) mass is 579 g/mol. The van der Waals surface area contributed by atoms with E-state index in [9.17, 15) is 4.79 Å². The van der Waals surface area contributed by atoms with Gasteiger partial charge in [-0.3, -0.25) is 4.79 Å². The van der Waals surface area contributed by atoms with E-state index in [1.54, 1.807) is 11.9 Å². The van der Waals surface area contributed by atoms with Gasteiger partial charge in [-0.2, -0.15) is 0 Å². The van der Waals surface area contributed by atoms with Gasteiger partial charge in [-0.25, -0.2) is 0 Å². The molecular weight excluding hydrogens is 527 g/mol. The van der Waals surface area contributed by atoms with Crippen molar-refractivity contribution in [2.45, 2.75) is 142 Å². The second-order valence-corrected chi connectivity index (χ2v) is 22.0. The summed E-state index contributed by atoms with van der Waals surface area (Å²) in [5, 5.41) is 8.52. The third-order valence-corrected chi connectivity index (χ3v) is 17.2. The molecule has 0 heterocycles. The maximum absolute atomic E-state index is 10.3. The fraction of sp³-hybridized carbons (Fsp3) is 0.958. The van der Waals surface area contributed by atoms with Gasteiger partial charge in [-0.15, -0.1) is 0 Å². The average Bonchev–Trinajstić information content (AvgIpc) is 2.66. The van der Waals surface area contributed by atoms with Crippen LogP contribution in [-0.2, 0) is 4.79 Å². The molecule has 0 aliphatic heterocycles. The first-order chi connectivity index (χ1) is 13.1. The molecule has 0 saturated carbocycles. The van der Waals surface area contributed by atoms with Crippen LogP contribution in [0.25, 0.3) is 0 Å². The normalized spacial score (nSPS) is 10.7. The quantitative estimate of drug-likeness (QED) is 0.123. The van der Waals surface area contributed by atoms with Crippen LogP contribution in [0.4, 0.5) is 0 Å². The van der Waals surface area contributed by atoms with Crippen LogP contribution in [0.1, 0.15) is 130 Å². The van der Waals surface area contributed by atoms with Crippen molar-refractivity contribution in [1.82, 2.24) is 0 Å². The standard InChI is InChI=1S/C18H36O2.3C2H5.Pb/c1-2-3-4-5-6-7-8-9-10-11-12-13-14-15-16-17-18(19)20;3*1-2;/h2-17H2,1H3,(H,19,20);3*1H2,2H3;. The van der Waals surface area contributed by atoms with Crippen LogP contribution >= 0.6 is 0 Å². The van der Waals surface area contributed by atoms with Gasteiger partial charge in [0, 0.05) is 6.42 Å². The summed E-state index contributed by atoms with van der Waals surface area (Å²) in [6.45, 7) is 9.34. The zero-order valence-corrected chi connectivity index (χ0v) is 23.2. The number of aliphatic carboxylic acids is 1. The molecule has 1 radical (unpaired) electrons. The molecule has 0 aromatic carbocycles. The Morgan fingerprint density at radius 3 is 1.07 bits per heavy atom. The van der Waals surface area contributed by atoms with Crippen molar-refractivity contribution >= 4 is 28.7 Å². The van der Waals surface area contributed by atoms with Crippen molar-refractivity contribution in [2.75, 3.05) is 0 Å². The Kier molecular flexibility index (Phi) is 28.9. The molecule has 0 saturated heterocycles. The van der Waals surface area contributed by atoms with Crippen molar-refractivity contribution in [2.24, 2.45) is 0 Å². The second kappa shape index (κ2) is 26.4. The van der Waals surface area contributed by atoms with Crippen molar-refractivity contribution < 1.29 is 9.90 Å². The van der Waals surface area contributed by atoms with E-state index >= 15 is 0 Å². The number of carboxylic acid groups (broad SMARTS) is 1. The van der Waals surface area contributed by atoms with Crippen LogP contribution in [0.3, 0.4) is 0 Å². The Morgan fingerprint density at radius 2 is 0.852 bits per heavy atom. The van der Waals surface area contributed by atoms with Crippen LogP contribution in [0, 0.1) is 0 Å². The second-order valence-electron chi connectivity index (χ2n) is 7.90. The SMILES string of the molecule is CCCCCCCCCCCCCCCCCC(=O)O.C[CH2][Pb]([CH2]C)[CH2]C. The molecule has 163 valence electrons. The number of hydrogen-bond acceptors (Lipinski definition) is 1. The molecule has 3 heteroatoms. The van der Waals surface area contributed by atoms with E-state index in [2.05, 4.69) is 27.7 Å². The third-order valence-electron chi connectivity index (χ3n) is 5.49. The average molecular weight is 579 g/mol. The van der Waals surface area contributed by atoms with Crippen LogP contribution in [0.5, 0.6) is 0 Å². The summed E-state index contributed by atoms with van der Waals surface area (Å²) >= 11 is -0.789. The number of rotatable bonds is 19. The van der Waals surface area contributed by atoms with Crippen LogP contribution in [-0.4, -0.2) is 33.8 Å². The summed E-state index contributed by atoms with van der Waals surface area (Å²) in [6.07, 6.45) is 20.2. The van der Waals surface area contributed by atoms with Gasteiger partial charge in [0.15, 0.2) is 0 Å². The summed E-state index contributed by atoms with van der Waals surface area (Å²) in [6, 6.07) is 0. The van der Waals surface area contributed by atoms with Gasteiger partial charge >= 0.3 is 61.4 Å². The summed E-state index contributed by atoms with van der Waals surface area (Å²) < 4.78 is 4.70. The molecular formula is C24H51O2Pb. The van der Waals surface area contributed by atoms with E-state index in [-0.39, 0.29) is 0 Å². The molecule has 2 nitrogen and oxygen atoms in total. The van der Waals surface area contributed by atoms with Gasteiger partial charge in [0.1, 0.15) is 0 Å². The zero-order chi connectivity index (χ0) is 20.6. The number of carboxylic acids is 1. The molecule has 0 rings (SSSR count). The first-order valence-corrected chi connectivity index (χ1v) is 20.4. The Hall–Kier alpha value is 0.392. The first kappa shape index (κ1) is 29.6. The maximum atomic E-state index is 10.3. The van der Waals surface area contributed by atoms with E-state index in [1.807, 2.05) is 0 Å². The molecule has 0 aromatic rings. The topological polar surface area (TPSA) is 37.3 Å². The molecule has 0 aliphatic rings. The van der Waals surface area contributed by atoms with Crippen molar-refractivity contribution in [3.8, 4) is 0 Å². The van der Waals surface area contributed by atoms with Gasteiger partial charge in [-0.1, -0.05) is 96.8 Å².